The number of nitrogens with one attached hydrogen (secondary N) is 1. The smallest absolute Gasteiger partial charge is 0.0895 e. The Morgan fingerprint density at radius 1 is 1.48 bits per heavy atom. The van der Waals surface area contributed by atoms with Gasteiger partial charge in [-0.15, -0.1) is 0 Å². The molecular weight excluding hydrogens is 266 g/mol. The number of ether oxygens (including phenoxy) is 2. The van der Waals surface area contributed by atoms with Gasteiger partial charge in [-0.3, -0.25) is 4.68 Å². The van der Waals surface area contributed by atoms with Crippen LogP contribution in [0.2, 0.25) is 0 Å². The summed E-state index contributed by atoms with van der Waals surface area (Å²) in [6, 6.07) is 0.469. The van der Waals surface area contributed by atoms with Gasteiger partial charge >= 0.3 is 0 Å². The van der Waals surface area contributed by atoms with Crippen LogP contribution in [0.5, 0.6) is 0 Å². The van der Waals surface area contributed by atoms with E-state index in [1.165, 1.54) is 12.0 Å². The van der Waals surface area contributed by atoms with Crippen LogP contribution >= 0.6 is 0 Å². The lowest BCUT2D eigenvalue weighted by molar-refractivity contribution is -0.0286. The van der Waals surface area contributed by atoms with Gasteiger partial charge in [-0.05, 0) is 33.1 Å². The Kier molecular flexibility index (Phi) is 4.33. The van der Waals surface area contributed by atoms with Gasteiger partial charge in [0, 0.05) is 43.9 Å². The Balaban J connectivity index is 1.57. The molecule has 118 valence electrons. The minimum absolute atomic E-state index is 0.0173. The molecule has 3 atom stereocenters. The molecule has 1 aromatic rings. The summed E-state index contributed by atoms with van der Waals surface area (Å²) in [5.74, 6) is 0.520. The maximum Gasteiger partial charge on any atom is 0.0895 e. The summed E-state index contributed by atoms with van der Waals surface area (Å²) < 4.78 is 13.7. The van der Waals surface area contributed by atoms with Crippen molar-refractivity contribution in [3.05, 3.63) is 18.0 Å². The van der Waals surface area contributed by atoms with Gasteiger partial charge in [0.1, 0.15) is 0 Å². The molecule has 0 bridgehead atoms. The van der Waals surface area contributed by atoms with Crippen LogP contribution in [0.3, 0.4) is 0 Å². The predicted molar refractivity (Wildman–Crippen MR) is 81.1 cm³/mol. The largest absolute Gasteiger partial charge is 0.374 e. The SMILES string of the molecule is Cn1cc([C@@H]2OCCC[C@H]2CNC2COC(C)(C)C2)cn1. The van der Waals surface area contributed by atoms with Crippen LogP contribution in [0.15, 0.2) is 12.4 Å². The van der Waals surface area contributed by atoms with Crippen molar-refractivity contribution in [1.82, 2.24) is 15.1 Å². The number of aromatic nitrogens is 2. The van der Waals surface area contributed by atoms with E-state index in [1.807, 2.05) is 17.9 Å². The highest BCUT2D eigenvalue weighted by Crippen LogP contribution is 2.33. The van der Waals surface area contributed by atoms with Crippen molar-refractivity contribution < 1.29 is 9.47 Å². The van der Waals surface area contributed by atoms with Crippen LogP contribution in [0.25, 0.3) is 0 Å². The summed E-state index contributed by atoms with van der Waals surface area (Å²) in [4.78, 5) is 0. The molecule has 0 aromatic carbocycles. The molecule has 21 heavy (non-hydrogen) atoms. The van der Waals surface area contributed by atoms with Crippen molar-refractivity contribution in [2.45, 2.75) is 50.9 Å². The Labute approximate surface area is 127 Å². The third-order valence-corrected chi connectivity index (χ3v) is 4.58. The fourth-order valence-electron chi connectivity index (χ4n) is 3.49. The van der Waals surface area contributed by atoms with Gasteiger partial charge in [-0.2, -0.15) is 5.10 Å². The number of nitrogens with zero attached hydrogens (tertiary/aromatic N) is 2. The quantitative estimate of drug-likeness (QED) is 0.923. The van der Waals surface area contributed by atoms with Crippen molar-refractivity contribution in [2.75, 3.05) is 19.8 Å². The van der Waals surface area contributed by atoms with E-state index in [4.69, 9.17) is 9.47 Å². The Morgan fingerprint density at radius 3 is 3.00 bits per heavy atom. The first-order chi connectivity index (χ1) is 10.0. The first kappa shape index (κ1) is 15.0. The Morgan fingerprint density at radius 2 is 2.33 bits per heavy atom. The molecule has 2 aliphatic rings. The zero-order chi connectivity index (χ0) is 14.9. The highest BCUT2D eigenvalue weighted by atomic mass is 16.5. The number of aryl methyl sites for hydroxylation is 1. The molecule has 2 saturated heterocycles. The van der Waals surface area contributed by atoms with Gasteiger partial charge in [-0.25, -0.2) is 0 Å². The van der Waals surface area contributed by atoms with E-state index >= 15 is 0 Å². The van der Waals surface area contributed by atoms with Gasteiger partial charge in [0.15, 0.2) is 0 Å². The van der Waals surface area contributed by atoms with Crippen LogP contribution in [-0.4, -0.2) is 41.2 Å². The molecule has 2 fully saturated rings. The standard InChI is InChI=1S/C16H27N3O2/c1-16(2)7-14(11-21-16)17-8-12-5-4-6-20-15(12)13-9-18-19(3)10-13/h9-10,12,14-15,17H,4-8,11H2,1-3H3/t12-,14?,15+/m0/s1. The van der Waals surface area contributed by atoms with Gasteiger partial charge in [0.25, 0.3) is 0 Å². The van der Waals surface area contributed by atoms with Crippen molar-refractivity contribution in [3.63, 3.8) is 0 Å². The first-order valence-corrected chi connectivity index (χ1v) is 8.01. The van der Waals surface area contributed by atoms with Gasteiger partial charge in [0.05, 0.1) is 24.5 Å². The van der Waals surface area contributed by atoms with E-state index in [0.717, 1.165) is 32.6 Å². The fraction of sp³-hybridized carbons (Fsp3) is 0.812. The zero-order valence-corrected chi connectivity index (χ0v) is 13.3. The highest BCUT2D eigenvalue weighted by molar-refractivity contribution is 5.10. The van der Waals surface area contributed by atoms with Crippen molar-refractivity contribution in [1.29, 1.82) is 0 Å². The van der Waals surface area contributed by atoms with Crippen molar-refractivity contribution in [2.24, 2.45) is 13.0 Å². The van der Waals surface area contributed by atoms with Crippen molar-refractivity contribution in [3.8, 4) is 0 Å². The molecule has 0 amide bonds. The molecule has 0 saturated carbocycles. The molecule has 1 unspecified atom stereocenters. The summed E-state index contributed by atoms with van der Waals surface area (Å²) in [7, 11) is 1.96. The summed E-state index contributed by atoms with van der Waals surface area (Å²) >= 11 is 0. The maximum atomic E-state index is 6.02. The van der Waals surface area contributed by atoms with E-state index in [1.54, 1.807) is 0 Å². The molecular formula is C16H27N3O2. The lowest BCUT2D eigenvalue weighted by Gasteiger charge is -2.32. The second kappa shape index (κ2) is 6.07. The number of hydrogen-bond donors (Lipinski definition) is 1. The fourth-order valence-corrected chi connectivity index (χ4v) is 3.49. The first-order valence-electron chi connectivity index (χ1n) is 8.01. The van der Waals surface area contributed by atoms with Gasteiger partial charge in [-0.1, -0.05) is 0 Å². The number of hydrogen-bond acceptors (Lipinski definition) is 4. The lowest BCUT2D eigenvalue weighted by Crippen LogP contribution is -2.38. The van der Waals surface area contributed by atoms with Crippen LogP contribution in [0.1, 0.15) is 44.8 Å². The molecule has 0 aliphatic carbocycles. The Bertz CT molecular complexity index is 472. The molecule has 0 radical (unpaired) electrons. The molecule has 1 aromatic heterocycles. The third-order valence-electron chi connectivity index (χ3n) is 4.58. The summed E-state index contributed by atoms with van der Waals surface area (Å²) in [5, 5.41) is 7.96. The monoisotopic (exact) mass is 293 g/mol. The number of rotatable bonds is 4. The predicted octanol–water partition coefficient (Wildman–Crippen LogP) is 2.04. The lowest BCUT2D eigenvalue weighted by atomic mass is 9.90. The second-order valence-corrected chi connectivity index (χ2v) is 7.02. The van der Waals surface area contributed by atoms with Gasteiger partial charge in [0.2, 0.25) is 0 Å². The third kappa shape index (κ3) is 3.65. The van der Waals surface area contributed by atoms with E-state index in [9.17, 15) is 0 Å². The minimum Gasteiger partial charge on any atom is -0.374 e. The molecule has 3 heterocycles. The van der Waals surface area contributed by atoms with E-state index in [2.05, 4.69) is 30.5 Å². The summed E-state index contributed by atoms with van der Waals surface area (Å²) in [6.07, 6.45) is 7.63. The molecule has 1 N–H and O–H groups in total. The van der Waals surface area contributed by atoms with E-state index in [-0.39, 0.29) is 11.7 Å². The summed E-state index contributed by atoms with van der Waals surface area (Å²) in [6.45, 7) is 6.99. The molecule has 3 rings (SSSR count). The average Bonchev–Trinajstić information content (AvgIpc) is 3.02. The van der Waals surface area contributed by atoms with Crippen molar-refractivity contribution >= 4 is 0 Å². The molecule has 5 heteroatoms. The normalized spacial score (nSPS) is 32.4. The molecule has 2 aliphatic heterocycles. The zero-order valence-electron chi connectivity index (χ0n) is 13.3. The Hall–Kier alpha value is -0.910. The topological polar surface area (TPSA) is 48.3 Å². The van der Waals surface area contributed by atoms with Gasteiger partial charge < -0.3 is 14.8 Å². The van der Waals surface area contributed by atoms with E-state index < -0.39 is 0 Å². The summed E-state index contributed by atoms with van der Waals surface area (Å²) in [5.41, 5.74) is 1.22. The maximum absolute atomic E-state index is 6.02. The molecule has 0 spiro atoms. The van der Waals surface area contributed by atoms with Crippen LogP contribution in [0.4, 0.5) is 0 Å². The molecule has 5 nitrogen and oxygen atoms in total. The van der Waals surface area contributed by atoms with Crippen LogP contribution in [0, 0.1) is 5.92 Å². The van der Waals surface area contributed by atoms with E-state index in [0.29, 0.717) is 12.0 Å². The van der Waals surface area contributed by atoms with Crippen LogP contribution in [-0.2, 0) is 16.5 Å². The van der Waals surface area contributed by atoms with Crippen LogP contribution < -0.4 is 5.32 Å². The highest BCUT2D eigenvalue weighted by Gasteiger charge is 2.33. The minimum atomic E-state index is 0.0173. The second-order valence-electron chi connectivity index (χ2n) is 7.02. The average molecular weight is 293 g/mol.